The molecule has 1 atom stereocenters. The number of nitrogens with two attached hydrogens (primary N) is 1. The number of likely N-dealkylation sites (N-methyl/N-ethyl adjacent to an activating group) is 1. The van der Waals surface area contributed by atoms with Crippen molar-refractivity contribution in [3.05, 3.63) is 71.4 Å². The van der Waals surface area contributed by atoms with Gasteiger partial charge in [0.2, 0.25) is 0 Å². The van der Waals surface area contributed by atoms with Gasteiger partial charge in [-0.15, -0.1) is 0 Å². The van der Waals surface area contributed by atoms with Crippen LogP contribution in [0.5, 0.6) is 0 Å². The van der Waals surface area contributed by atoms with Crippen LogP contribution in [0.3, 0.4) is 0 Å². The molecule has 1 aromatic heterocycles. The van der Waals surface area contributed by atoms with Gasteiger partial charge in [-0.1, -0.05) is 36.1 Å². The average Bonchev–Trinajstić information content (AvgIpc) is 2.72. The van der Waals surface area contributed by atoms with E-state index in [1.165, 1.54) is 0 Å². The molecule has 1 amide bonds. The first-order valence-corrected chi connectivity index (χ1v) is 9.30. The van der Waals surface area contributed by atoms with E-state index in [-0.39, 0.29) is 12.5 Å². The van der Waals surface area contributed by atoms with E-state index in [9.17, 15) is 9.90 Å². The molecule has 2 aromatic carbocycles. The van der Waals surface area contributed by atoms with Crippen molar-refractivity contribution in [2.24, 2.45) is 0 Å². The molecule has 29 heavy (non-hydrogen) atoms. The van der Waals surface area contributed by atoms with Gasteiger partial charge in [0.1, 0.15) is 5.82 Å². The summed E-state index contributed by atoms with van der Waals surface area (Å²) >= 11 is 0. The number of nitrogens with zero attached hydrogens (tertiary/aromatic N) is 2. The first-order chi connectivity index (χ1) is 13.9. The van der Waals surface area contributed by atoms with Crippen LogP contribution in [0.4, 0.5) is 5.82 Å². The van der Waals surface area contributed by atoms with Crippen molar-refractivity contribution in [3.8, 4) is 11.8 Å². The van der Waals surface area contributed by atoms with Gasteiger partial charge in [0, 0.05) is 41.2 Å². The van der Waals surface area contributed by atoms with E-state index in [1.807, 2.05) is 43.3 Å². The second-order valence-electron chi connectivity index (χ2n) is 7.06. The Morgan fingerprint density at radius 2 is 1.83 bits per heavy atom. The van der Waals surface area contributed by atoms with Crippen molar-refractivity contribution in [1.82, 2.24) is 15.2 Å². The Hall–Kier alpha value is -3.40. The Balaban J connectivity index is 1.69. The molecule has 4 N–H and O–H groups in total. The lowest BCUT2D eigenvalue weighted by atomic mass is 10.1. The Labute approximate surface area is 170 Å². The summed E-state index contributed by atoms with van der Waals surface area (Å²) in [6.07, 6.45) is 1.06. The third-order valence-electron chi connectivity index (χ3n) is 4.39. The molecule has 1 unspecified atom stereocenters. The maximum Gasteiger partial charge on any atom is 0.251 e. The number of aliphatic hydroxyl groups excluding tert-OH is 1. The number of anilines is 1. The van der Waals surface area contributed by atoms with Crippen molar-refractivity contribution < 1.29 is 9.90 Å². The van der Waals surface area contributed by atoms with E-state index in [0.717, 1.165) is 21.9 Å². The van der Waals surface area contributed by atoms with Gasteiger partial charge in [-0.3, -0.25) is 4.79 Å². The third kappa shape index (κ3) is 5.32. The number of fused-ring (bicyclic) bond motifs is 1. The lowest BCUT2D eigenvalue weighted by molar-refractivity contribution is 0.0892. The fourth-order valence-corrected chi connectivity index (χ4v) is 2.96. The molecule has 0 aliphatic carbocycles. The quantitative estimate of drug-likeness (QED) is 0.581. The Bertz CT molecular complexity index is 1070. The van der Waals surface area contributed by atoms with E-state index >= 15 is 0 Å². The van der Waals surface area contributed by atoms with Crippen LogP contribution in [0.25, 0.3) is 10.8 Å². The van der Waals surface area contributed by atoms with Gasteiger partial charge >= 0.3 is 0 Å². The molecule has 3 rings (SSSR count). The molecule has 6 nitrogen and oxygen atoms in total. The molecular weight excluding hydrogens is 364 g/mol. The molecule has 0 bridgehead atoms. The molecule has 0 radical (unpaired) electrons. The topological polar surface area (TPSA) is 91.5 Å². The lowest BCUT2D eigenvalue weighted by Gasteiger charge is -2.16. The Morgan fingerprint density at radius 1 is 1.14 bits per heavy atom. The first-order valence-electron chi connectivity index (χ1n) is 9.30. The van der Waals surface area contributed by atoms with Gasteiger partial charge in [-0.25, -0.2) is 4.98 Å². The minimum absolute atomic E-state index is 0.204. The molecule has 1 heterocycles. The van der Waals surface area contributed by atoms with Crippen LogP contribution in [0, 0.1) is 11.8 Å². The fourth-order valence-electron chi connectivity index (χ4n) is 2.96. The summed E-state index contributed by atoms with van der Waals surface area (Å²) < 4.78 is 0. The molecule has 0 spiro atoms. The lowest BCUT2D eigenvalue weighted by Crippen LogP contribution is -2.37. The largest absolute Gasteiger partial charge is 0.390 e. The van der Waals surface area contributed by atoms with Crippen molar-refractivity contribution in [1.29, 1.82) is 0 Å². The van der Waals surface area contributed by atoms with E-state index in [0.29, 0.717) is 17.9 Å². The number of aliphatic hydroxyl groups is 1. The highest BCUT2D eigenvalue weighted by Gasteiger charge is 2.09. The summed E-state index contributed by atoms with van der Waals surface area (Å²) in [5.74, 6) is 6.49. The number of rotatable bonds is 5. The van der Waals surface area contributed by atoms with Crippen LogP contribution >= 0.6 is 0 Å². The summed E-state index contributed by atoms with van der Waals surface area (Å²) in [4.78, 5) is 18.3. The molecule has 0 aliphatic rings. The molecular formula is C23H24N4O2. The van der Waals surface area contributed by atoms with Gasteiger partial charge in [0.05, 0.1) is 11.7 Å². The minimum Gasteiger partial charge on any atom is -0.390 e. The molecule has 3 aromatic rings. The minimum atomic E-state index is -0.609. The van der Waals surface area contributed by atoms with Crippen molar-refractivity contribution in [2.75, 3.05) is 32.9 Å². The van der Waals surface area contributed by atoms with E-state index in [1.54, 1.807) is 30.5 Å². The van der Waals surface area contributed by atoms with Crippen LogP contribution in [-0.2, 0) is 0 Å². The predicted octanol–water partition coefficient (Wildman–Crippen LogP) is 1.87. The summed E-state index contributed by atoms with van der Waals surface area (Å²) in [7, 11) is 3.74. The first kappa shape index (κ1) is 20.3. The Morgan fingerprint density at radius 3 is 2.52 bits per heavy atom. The molecule has 148 valence electrons. The van der Waals surface area contributed by atoms with Crippen LogP contribution in [-0.4, -0.2) is 54.2 Å². The highest BCUT2D eigenvalue weighted by molar-refractivity contribution is 5.95. The van der Waals surface area contributed by atoms with E-state index < -0.39 is 6.10 Å². The second kappa shape index (κ2) is 9.20. The number of carbonyl (C=O) groups is 1. The number of nitrogen functional groups attached to an aromatic ring is 1. The number of hydrogen-bond acceptors (Lipinski definition) is 5. The Kier molecular flexibility index (Phi) is 6.45. The molecule has 6 heteroatoms. The normalized spacial score (nSPS) is 11.7. The smallest absolute Gasteiger partial charge is 0.251 e. The van der Waals surface area contributed by atoms with Gasteiger partial charge in [0.25, 0.3) is 5.91 Å². The van der Waals surface area contributed by atoms with Gasteiger partial charge < -0.3 is 21.1 Å². The van der Waals surface area contributed by atoms with Crippen LogP contribution in [0.15, 0.2) is 54.7 Å². The fraction of sp³-hybridized carbons (Fsp3) is 0.217. The number of hydrogen-bond donors (Lipinski definition) is 3. The molecule has 0 saturated heterocycles. The van der Waals surface area contributed by atoms with Gasteiger partial charge in [-0.2, -0.15) is 0 Å². The summed E-state index contributed by atoms with van der Waals surface area (Å²) in [5, 5.41) is 14.4. The van der Waals surface area contributed by atoms with Gasteiger partial charge in [0.15, 0.2) is 0 Å². The third-order valence-corrected chi connectivity index (χ3v) is 4.39. The zero-order valence-corrected chi connectivity index (χ0v) is 16.5. The highest BCUT2D eigenvalue weighted by atomic mass is 16.3. The summed E-state index contributed by atoms with van der Waals surface area (Å²) in [6, 6.07) is 14.8. The zero-order valence-electron chi connectivity index (χ0n) is 16.5. The predicted molar refractivity (Wildman–Crippen MR) is 115 cm³/mol. The maximum absolute atomic E-state index is 12.2. The highest BCUT2D eigenvalue weighted by Crippen LogP contribution is 2.21. The number of benzene rings is 2. The number of nitrogens with one attached hydrogen (secondary N) is 1. The maximum atomic E-state index is 12.2. The molecule has 0 aliphatic heterocycles. The number of aromatic nitrogens is 1. The van der Waals surface area contributed by atoms with Crippen LogP contribution < -0.4 is 11.1 Å². The zero-order chi connectivity index (χ0) is 20.8. The summed E-state index contributed by atoms with van der Waals surface area (Å²) in [5.41, 5.74) is 8.03. The SMILES string of the molecule is CN(C)CC(O)CNC(=O)c1ccc(C#Cc2cnc(N)c3ccccc23)cc1. The van der Waals surface area contributed by atoms with Crippen LogP contribution in [0.2, 0.25) is 0 Å². The number of amides is 1. The number of carbonyl (C=O) groups excluding carboxylic acids is 1. The standard InChI is InChI=1S/C23H24N4O2/c1-27(2)15-19(28)14-26-23(29)17-10-7-16(8-11-17)9-12-18-13-25-22(24)21-6-4-3-5-20(18)21/h3-8,10-11,13,19,28H,14-15H2,1-2H3,(H2,24,25)(H,26,29). The monoisotopic (exact) mass is 388 g/mol. The van der Waals surface area contributed by atoms with Crippen molar-refractivity contribution in [2.45, 2.75) is 6.10 Å². The van der Waals surface area contributed by atoms with E-state index in [4.69, 9.17) is 5.73 Å². The van der Waals surface area contributed by atoms with E-state index in [2.05, 4.69) is 22.1 Å². The summed E-state index contributed by atoms with van der Waals surface area (Å²) in [6.45, 7) is 0.694. The van der Waals surface area contributed by atoms with Gasteiger partial charge in [-0.05, 0) is 38.4 Å². The van der Waals surface area contributed by atoms with Crippen molar-refractivity contribution in [3.63, 3.8) is 0 Å². The van der Waals surface area contributed by atoms with Crippen molar-refractivity contribution >= 4 is 22.5 Å². The second-order valence-corrected chi connectivity index (χ2v) is 7.06. The molecule has 0 fully saturated rings. The number of pyridine rings is 1. The van der Waals surface area contributed by atoms with Crippen LogP contribution in [0.1, 0.15) is 21.5 Å². The molecule has 0 saturated carbocycles. The average molecular weight is 388 g/mol.